The molecule has 0 aliphatic heterocycles. The summed E-state index contributed by atoms with van der Waals surface area (Å²) in [6, 6.07) is 18.9. The molecule has 3 N–H and O–H groups in total. The fourth-order valence-electron chi connectivity index (χ4n) is 3.95. The van der Waals surface area contributed by atoms with Crippen molar-refractivity contribution in [3.8, 4) is 17.2 Å². The summed E-state index contributed by atoms with van der Waals surface area (Å²) in [5.74, 6) is 0.0341. The van der Waals surface area contributed by atoms with Gasteiger partial charge in [0.2, 0.25) is 10.0 Å². The number of nitrogens with zero attached hydrogens (tertiary/aromatic N) is 2. The maximum absolute atomic E-state index is 13.6. The molecule has 8 nitrogen and oxygen atoms in total. The van der Waals surface area contributed by atoms with E-state index >= 15 is 0 Å². The summed E-state index contributed by atoms with van der Waals surface area (Å²) in [6.45, 7) is 7.00. The number of fused-ring (bicyclic) bond motifs is 1. The van der Waals surface area contributed by atoms with Gasteiger partial charge in [-0.25, -0.2) is 18.1 Å². The minimum Gasteiger partial charge on any atom is -0.342 e. The lowest BCUT2D eigenvalue weighted by Crippen LogP contribution is -2.40. The van der Waals surface area contributed by atoms with Gasteiger partial charge in [-0.3, -0.25) is 4.79 Å². The van der Waals surface area contributed by atoms with Crippen LogP contribution in [0.1, 0.15) is 42.5 Å². The van der Waals surface area contributed by atoms with Gasteiger partial charge >= 0.3 is 0 Å². The Morgan fingerprint density at radius 1 is 1.06 bits per heavy atom. The van der Waals surface area contributed by atoms with Crippen molar-refractivity contribution in [2.24, 2.45) is 0 Å². The summed E-state index contributed by atoms with van der Waals surface area (Å²) >= 11 is 0. The van der Waals surface area contributed by atoms with Crippen LogP contribution in [0, 0.1) is 18.3 Å². The molecular weight excluding hydrogens is 462 g/mol. The van der Waals surface area contributed by atoms with E-state index in [4.69, 9.17) is 0 Å². The fraction of sp³-hybridized carbons (Fsp3) is 0.192. The third-order valence-electron chi connectivity index (χ3n) is 5.17. The zero-order chi connectivity index (χ0) is 25.4. The average Bonchev–Trinajstić information content (AvgIpc) is 3.16. The maximum atomic E-state index is 13.6. The van der Waals surface area contributed by atoms with E-state index in [0.717, 1.165) is 0 Å². The molecule has 0 aliphatic rings. The zero-order valence-corrected chi connectivity index (χ0v) is 20.6. The molecule has 1 amide bonds. The van der Waals surface area contributed by atoms with E-state index < -0.39 is 21.5 Å². The highest BCUT2D eigenvalue weighted by molar-refractivity contribution is 7.89. The number of H-pyrrole nitrogens is 1. The topological polar surface area (TPSA) is 128 Å². The Bertz CT molecular complexity index is 1580. The molecule has 4 rings (SSSR count). The Kier molecular flexibility index (Phi) is 6.19. The van der Waals surface area contributed by atoms with Crippen LogP contribution in [-0.2, 0) is 10.0 Å². The number of aromatic nitrogens is 2. The molecule has 0 spiro atoms. The van der Waals surface area contributed by atoms with Crippen molar-refractivity contribution in [1.29, 1.82) is 5.26 Å². The van der Waals surface area contributed by atoms with E-state index in [1.54, 1.807) is 70.2 Å². The van der Waals surface area contributed by atoms with Crippen LogP contribution in [0.4, 0.5) is 5.69 Å². The van der Waals surface area contributed by atoms with Crippen molar-refractivity contribution >= 4 is 32.7 Å². The molecule has 0 saturated carbocycles. The highest BCUT2D eigenvalue weighted by Gasteiger charge is 2.29. The lowest BCUT2D eigenvalue weighted by Gasteiger charge is -2.22. The quantitative estimate of drug-likeness (QED) is 0.375. The van der Waals surface area contributed by atoms with Gasteiger partial charge in [0, 0.05) is 22.4 Å². The minimum atomic E-state index is -3.98. The highest BCUT2D eigenvalue weighted by Crippen LogP contribution is 2.37. The first-order valence-electron chi connectivity index (χ1n) is 10.9. The number of rotatable bonds is 5. The molecule has 178 valence electrons. The van der Waals surface area contributed by atoms with Gasteiger partial charge in [0.05, 0.1) is 27.1 Å². The standard InChI is InChI=1S/C26H25N5O3S/c1-16-28-20-14-17(15-27)22(25(32)30-18-10-6-5-7-11-18)23(24(20)29-16)19-12-8-9-13-21(19)35(33,34)31-26(2,3)4/h5-14,31H,1-4H3,(H,28,29)(H,30,32). The van der Waals surface area contributed by atoms with E-state index in [9.17, 15) is 18.5 Å². The molecule has 0 unspecified atom stereocenters. The van der Waals surface area contributed by atoms with Crippen molar-refractivity contribution in [1.82, 2.24) is 14.7 Å². The fourth-order valence-corrected chi connectivity index (χ4v) is 5.58. The number of aromatic amines is 1. The van der Waals surface area contributed by atoms with Gasteiger partial charge < -0.3 is 10.3 Å². The monoisotopic (exact) mass is 487 g/mol. The number of carbonyl (C=O) groups excluding carboxylic acids is 1. The van der Waals surface area contributed by atoms with E-state index in [0.29, 0.717) is 28.1 Å². The summed E-state index contributed by atoms with van der Waals surface area (Å²) in [6.07, 6.45) is 0. The van der Waals surface area contributed by atoms with Crippen LogP contribution in [0.2, 0.25) is 0 Å². The Morgan fingerprint density at radius 3 is 2.37 bits per heavy atom. The predicted octanol–water partition coefficient (Wildman–Crippen LogP) is 4.74. The molecule has 9 heteroatoms. The summed E-state index contributed by atoms with van der Waals surface area (Å²) < 4.78 is 29.5. The number of benzene rings is 3. The number of aryl methyl sites for hydroxylation is 1. The third kappa shape index (κ3) is 4.94. The Hall–Kier alpha value is -4.00. The number of amides is 1. The van der Waals surface area contributed by atoms with Gasteiger partial charge in [0.15, 0.2) is 0 Å². The minimum absolute atomic E-state index is 0.00710. The number of nitrogens with one attached hydrogen (secondary N) is 3. The normalized spacial score (nSPS) is 11.9. The highest BCUT2D eigenvalue weighted by atomic mass is 32.2. The van der Waals surface area contributed by atoms with Crippen molar-refractivity contribution < 1.29 is 13.2 Å². The van der Waals surface area contributed by atoms with E-state index in [1.807, 2.05) is 6.07 Å². The predicted molar refractivity (Wildman–Crippen MR) is 135 cm³/mol. The molecule has 0 bridgehead atoms. The van der Waals surface area contributed by atoms with Gasteiger partial charge in [-0.05, 0) is 52.0 Å². The number of imidazole rings is 1. The molecule has 0 aliphatic carbocycles. The number of sulfonamides is 1. The molecule has 0 radical (unpaired) electrons. The zero-order valence-electron chi connectivity index (χ0n) is 19.8. The van der Waals surface area contributed by atoms with Crippen molar-refractivity contribution in [2.75, 3.05) is 5.32 Å². The van der Waals surface area contributed by atoms with E-state index in [1.165, 1.54) is 12.1 Å². The van der Waals surface area contributed by atoms with E-state index in [2.05, 4.69) is 26.1 Å². The van der Waals surface area contributed by atoms with Gasteiger partial charge in [-0.2, -0.15) is 5.26 Å². The van der Waals surface area contributed by atoms with Gasteiger partial charge in [-0.15, -0.1) is 0 Å². The number of carbonyl (C=O) groups is 1. The van der Waals surface area contributed by atoms with Crippen molar-refractivity contribution in [2.45, 2.75) is 38.1 Å². The van der Waals surface area contributed by atoms with Crippen LogP contribution in [0.15, 0.2) is 65.6 Å². The average molecular weight is 488 g/mol. The van der Waals surface area contributed by atoms with Crippen LogP contribution in [0.25, 0.3) is 22.2 Å². The molecule has 3 aromatic carbocycles. The number of anilines is 1. The van der Waals surface area contributed by atoms with Crippen molar-refractivity contribution in [3.63, 3.8) is 0 Å². The smallest absolute Gasteiger partial charge is 0.257 e. The first-order chi connectivity index (χ1) is 16.5. The molecule has 4 aromatic rings. The number of hydrogen-bond acceptors (Lipinski definition) is 5. The molecule has 1 heterocycles. The van der Waals surface area contributed by atoms with Crippen LogP contribution >= 0.6 is 0 Å². The lowest BCUT2D eigenvalue weighted by atomic mass is 9.93. The summed E-state index contributed by atoms with van der Waals surface area (Å²) in [4.78, 5) is 21.1. The van der Waals surface area contributed by atoms with E-state index in [-0.39, 0.29) is 21.6 Å². The summed E-state index contributed by atoms with van der Waals surface area (Å²) in [5, 5.41) is 12.8. The van der Waals surface area contributed by atoms with Crippen LogP contribution in [0.3, 0.4) is 0 Å². The Labute approximate surface area is 204 Å². The molecule has 0 fully saturated rings. The van der Waals surface area contributed by atoms with Gasteiger partial charge in [0.1, 0.15) is 11.9 Å². The first kappa shape index (κ1) is 24.1. The number of hydrogen-bond donors (Lipinski definition) is 3. The number of para-hydroxylation sites is 1. The second kappa shape index (κ2) is 8.98. The largest absolute Gasteiger partial charge is 0.342 e. The third-order valence-corrected chi connectivity index (χ3v) is 6.98. The molecular formula is C26H25N5O3S. The molecule has 0 atom stereocenters. The Balaban J connectivity index is 2.04. The summed E-state index contributed by atoms with van der Waals surface area (Å²) in [5.41, 5.74) is 1.47. The second-order valence-electron chi connectivity index (χ2n) is 9.17. The van der Waals surface area contributed by atoms with Gasteiger partial charge in [0.25, 0.3) is 5.91 Å². The maximum Gasteiger partial charge on any atom is 0.257 e. The Morgan fingerprint density at radius 2 is 1.71 bits per heavy atom. The van der Waals surface area contributed by atoms with Gasteiger partial charge in [-0.1, -0.05) is 36.4 Å². The molecule has 0 saturated heterocycles. The van der Waals surface area contributed by atoms with Crippen molar-refractivity contribution in [3.05, 3.63) is 77.6 Å². The van der Waals surface area contributed by atoms with Crippen LogP contribution < -0.4 is 10.0 Å². The van der Waals surface area contributed by atoms with Crippen LogP contribution in [-0.4, -0.2) is 29.8 Å². The SMILES string of the molecule is Cc1nc2cc(C#N)c(C(=O)Nc3ccccc3)c(-c3ccccc3S(=O)(=O)NC(C)(C)C)c2[nH]1. The summed E-state index contributed by atoms with van der Waals surface area (Å²) in [7, 11) is -3.98. The number of nitriles is 1. The second-order valence-corrected chi connectivity index (χ2v) is 10.8. The van der Waals surface area contributed by atoms with Crippen LogP contribution in [0.5, 0.6) is 0 Å². The first-order valence-corrected chi connectivity index (χ1v) is 12.4. The molecule has 35 heavy (non-hydrogen) atoms. The lowest BCUT2D eigenvalue weighted by molar-refractivity contribution is 0.102. The molecule has 1 aromatic heterocycles.